The van der Waals surface area contributed by atoms with E-state index < -0.39 is 0 Å². The number of unbranched alkanes of at least 4 members (excludes halogenated alkanes) is 9. The van der Waals surface area contributed by atoms with Gasteiger partial charge in [-0.1, -0.05) is 77.2 Å². The van der Waals surface area contributed by atoms with Gasteiger partial charge in [-0.2, -0.15) is 0 Å². The van der Waals surface area contributed by atoms with Crippen molar-refractivity contribution >= 4 is 27.4 Å². The van der Waals surface area contributed by atoms with Crippen LogP contribution < -0.4 is 0 Å². The highest BCUT2D eigenvalue weighted by molar-refractivity contribution is 7.29. The third kappa shape index (κ3) is 14.7. The third-order valence-electron chi connectivity index (χ3n) is 2.78. The average molecular weight is 254 g/mol. The molecule has 0 rings (SSSR count). The van der Waals surface area contributed by atoms with E-state index in [-0.39, 0.29) is 7.83 Å². The summed E-state index contributed by atoms with van der Waals surface area (Å²) in [6.45, 7) is 2.28. The SMILES string of the molecule is CCCCCCCCCCCC[Si]([Si])[Si]. The molecule has 0 aromatic heterocycles. The van der Waals surface area contributed by atoms with E-state index in [1.807, 2.05) is 0 Å². The van der Waals surface area contributed by atoms with Crippen LogP contribution in [0.3, 0.4) is 0 Å². The fraction of sp³-hybridized carbons (Fsp3) is 1.00. The van der Waals surface area contributed by atoms with Gasteiger partial charge < -0.3 is 0 Å². The van der Waals surface area contributed by atoms with Crippen molar-refractivity contribution in [2.45, 2.75) is 77.2 Å². The quantitative estimate of drug-likeness (QED) is 0.389. The standard InChI is InChI=1S/C12H25Si3/c1-2-3-4-5-6-7-8-9-10-11-12-15(13)14/h2-12H2,1H3. The van der Waals surface area contributed by atoms with Gasteiger partial charge in [0.25, 0.3) is 0 Å². The van der Waals surface area contributed by atoms with Gasteiger partial charge >= 0.3 is 0 Å². The molecular weight excluding hydrogens is 228 g/mol. The molecule has 3 heteroatoms. The van der Waals surface area contributed by atoms with Crippen molar-refractivity contribution in [1.29, 1.82) is 0 Å². The summed E-state index contributed by atoms with van der Waals surface area (Å²) in [5.41, 5.74) is 0. The molecule has 0 aromatic carbocycles. The minimum atomic E-state index is -0.331. The zero-order valence-electron chi connectivity index (χ0n) is 10.3. The van der Waals surface area contributed by atoms with Gasteiger partial charge in [0.15, 0.2) is 0 Å². The van der Waals surface area contributed by atoms with Crippen molar-refractivity contribution in [2.24, 2.45) is 0 Å². The summed E-state index contributed by atoms with van der Waals surface area (Å²) in [5, 5.41) is 0. The van der Waals surface area contributed by atoms with Crippen molar-refractivity contribution in [2.75, 3.05) is 0 Å². The summed E-state index contributed by atoms with van der Waals surface area (Å²) >= 11 is 0. The normalized spacial score (nSPS) is 11.2. The van der Waals surface area contributed by atoms with Crippen molar-refractivity contribution < 1.29 is 0 Å². The van der Waals surface area contributed by atoms with Gasteiger partial charge in [-0.05, 0) is 0 Å². The minimum Gasteiger partial charge on any atom is -0.0654 e. The predicted molar refractivity (Wildman–Crippen MR) is 73.9 cm³/mol. The van der Waals surface area contributed by atoms with Gasteiger partial charge in [-0.25, -0.2) is 0 Å². The molecule has 0 aliphatic carbocycles. The van der Waals surface area contributed by atoms with Gasteiger partial charge in [0.2, 0.25) is 0 Å². The van der Waals surface area contributed by atoms with E-state index in [4.69, 9.17) is 0 Å². The fourth-order valence-corrected chi connectivity index (χ4v) is 3.45. The van der Waals surface area contributed by atoms with Crippen LogP contribution in [0.15, 0.2) is 0 Å². The summed E-state index contributed by atoms with van der Waals surface area (Å²) in [6.07, 6.45) is 14.4. The monoisotopic (exact) mass is 253 g/mol. The van der Waals surface area contributed by atoms with Crippen LogP contribution >= 0.6 is 0 Å². The Bertz CT molecular complexity index is 115. The highest BCUT2D eigenvalue weighted by atomic mass is 29.5. The van der Waals surface area contributed by atoms with Crippen molar-refractivity contribution in [3.63, 3.8) is 0 Å². The molecule has 0 bridgehead atoms. The van der Waals surface area contributed by atoms with E-state index in [9.17, 15) is 0 Å². The van der Waals surface area contributed by atoms with Crippen LogP contribution in [-0.4, -0.2) is 27.4 Å². The predicted octanol–water partition coefficient (Wildman–Crippen LogP) is 3.73. The molecule has 0 N–H and O–H groups in total. The molecule has 0 aliphatic rings. The fourth-order valence-electron chi connectivity index (χ4n) is 1.79. The summed E-state index contributed by atoms with van der Waals surface area (Å²) < 4.78 is 0. The smallest absolute Gasteiger partial charge is 0.0144 e. The second kappa shape index (κ2) is 12.7. The molecule has 0 unspecified atom stereocenters. The number of rotatable bonds is 11. The Morgan fingerprint density at radius 2 is 1.07 bits per heavy atom. The summed E-state index contributed by atoms with van der Waals surface area (Å²) in [5.74, 6) is 0. The maximum atomic E-state index is 3.65. The second-order valence-corrected chi connectivity index (χ2v) is 11.0. The van der Waals surface area contributed by atoms with Crippen LogP contribution in [0.25, 0.3) is 0 Å². The van der Waals surface area contributed by atoms with E-state index >= 15 is 0 Å². The largest absolute Gasteiger partial charge is 0.0654 e. The first-order valence-corrected chi connectivity index (χ1v) is 11.3. The molecule has 7 radical (unpaired) electrons. The molecule has 0 fully saturated rings. The molecule has 15 heavy (non-hydrogen) atoms. The Morgan fingerprint density at radius 3 is 1.47 bits per heavy atom. The van der Waals surface area contributed by atoms with Crippen LogP contribution in [0.2, 0.25) is 6.04 Å². The molecular formula is C12H25Si3. The lowest BCUT2D eigenvalue weighted by atomic mass is 10.1. The first-order valence-electron chi connectivity index (χ1n) is 6.56. The Morgan fingerprint density at radius 1 is 0.667 bits per heavy atom. The molecule has 0 nitrogen and oxygen atoms in total. The Balaban J connectivity index is 2.87. The lowest BCUT2D eigenvalue weighted by Crippen LogP contribution is -2.11. The number of hydrogen-bond acceptors (Lipinski definition) is 0. The van der Waals surface area contributed by atoms with Crippen molar-refractivity contribution in [3.05, 3.63) is 0 Å². The van der Waals surface area contributed by atoms with Gasteiger partial charge in [0, 0.05) is 27.4 Å². The molecule has 85 valence electrons. The van der Waals surface area contributed by atoms with Gasteiger partial charge in [-0.3, -0.25) is 0 Å². The highest BCUT2D eigenvalue weighted by Gasteiger charge is 1.96. The van der Waals surface area contributed by atoms with Crippen molar-refractivity contribution in [3.8, 4) is 0 Å². The highest BCUT2D eigenvalue weighted by Crippen LogP contribution is 2.11. The van der Waals surface area contributed by atoms with Crippen LogP contribution in [0, 0.1) is 0 Å². The molecule has 0 amide bonds. The van der Waals surface area contributed by atoms with Gasteiger partial charge in [0.1, 0.15) is 0 Å². The summed E-state index contributed by atoms with van der Waals surface area (Å²) in [6, 6.07) is 1.36. The van der Waals surface area contributed by atoms with E-state index in [0.29, 0.717) is 0 Å². The molecule has 0 saturated heterocycles. The maximum absolute atomic E-state index is 3.65. The molecule has 0 aliphatic heterocycles. The molecule has 0 atom stereocenters. The van der Waals surface area contributed by atoms with Crippen molar-refractivity contribution in [1.82, 2.24) is 0 Å². The van der Waals surface area contributed by atoms with E-state index in [2.05, 4.69) is 26.4 Å². The lowest BCUT2D eigenvalue weighted by Gasteiger charge is -2.03. The van der Waals surface area contributed by atoms with Crippen LogP contribution in [-0.2, 0) is 0 Å². The molecule has 0 saturated carbocycles. The van der Waals surface area contributed by atoms with E-state index in [1.165, 1.54) is 70.3 Å². The Kier molecular flexibility index (Phi) is 13.3. The summed E-state index contributed by atoms with van der Waals surface area (Å²) in [7, 11) is 6.98. The van der Waals surface area contributed by atoms with Crippen LogP contribution in [0.5, 0.6) is 0 Å². The Labute approximate surface area is 105 Å². The average Bonchev–Trinajstić information content (AvgIpc) is 2.20. The van der Waals surface area contributed by atoms with E-state index in [1.54, 1.807) is 0 Å². The van der Waals surface area contributed by atoms with Crippen LogP contribution in [0.4, 0.5) is 0 Å². The lowest BCUT2D eigenvalue weighted by molar-refractivity contribution is 0.562. The third-order valence-corrected chi connectivity index (χ3v) is 5.13. The molecule has 0 aromatic rings. The first-order chi connectivity index (χ1) is 7.27. The van der Waals surface area contributed by atoms with Gasteiger partial charge in [-0.15, -0.1) is 0 Å². The zero-order chi connectivity index (χ0) is 11.4. The molecule has 0 spiro atoms. The maximum Gasteiger partial charge on any atom is 0.0144 e. The molecule has 0 heterocycles. The zero-order valence-corrected chi connectivity index (χ0v) is 13.3. The summed E-state index contributed by atoms with van der Waals surface area (Å²) in [4.78, 5) is 0. The minimum absolute atomic E-state index is 0.331. The second-order valence-electron chi connectivity index (χ2n) is 4.41. The van der Waals surface area contributed by atoms with Crippen LogP contribution in [0.1, 0.15) is 71.1 Å². The first kappa shape index (κ1) is 15.7. The number of hydrogen-bond donors (Lipinski definition) is 0. The van der Waals surface area contributed by atoms with Gasteiger partial charge in [0.05, 0.1) is 0 Å². The Hall–Kier alpha value is 0.651. The topological polar surface area (TPSA) is 0 Å². The van der Waals surface area contributed by atoms with E-state index in [0.717, 1.165) is 0 Å².